The van der Waals surface area contributed by atoms with E-state index in [2.05, 4.69) is 26.2 Å². The van der Waals surface area contributed by atoms with Crippen LogP contribution in [0.5, 0.6) is 0 Å². The minimum atomic E-state index is -0.573. The molecule has 0 fully saturated rings. The van der Waals surface area contributed by atoms with Crippen molar-refractivity contribution in [3.05, 3.63) is 30.6 Å². The van der Waals surface area contributed by atoms with Gasteiger partial charge in [-0.15, -0.1) is 5.10 Å². The number of nitrogens with zero attached hydrogens (tertiary/aromatic N) is 4. The Morgan fingerprint density at radius 1 is 1.18 bits per heavy atom. The van der Waals surface area contributed by atoms with Crippen LogP contribution in [0.25, 0.3) is 5.69 Å². The molecule has 0 saturated carbocycles. The molecule has 22 heavy (non-hydrogen) atoms. The lowest BCUT2D eigenvalue weighted by Crippen LogP contribution is -2.46. The van der Waals surface area contributed by atoms with Crippen molar-refractivity contribution in [2.24, 2.45) is 5.92 Å². The number of carbonyl (C=O) groups excluding carboxylic acids is 2. The molecule has 0 unspecified atom stereocenters. The van der Waals surface area contributed by atoms with Gasteiger partial charge in [-0.3, -0.25) is 9.59 Å². The van der Waals surface area contributed by atoms with E-state index in [4.69, 9.17) is 0 Å². The van der Waals surface area contributed by atoms with Crippen LogP contribution in [0.3, 0.4) is 0 Å². The average Bonchev–Trinajstić information content (AvgIpc) is 2.99. The number of amides is 2. The molecule has 0 aliphatic heterocycles. The first-order valence-corrected chi connectivity index (χ1v) is 6.89. The van der Waals surface area contributed by atoms with Crippen LogP contribution in [0.1, 0.15) is 20.8 Å². The topological polar surface area (TPSA) is 102 Å². The van der Waals surface area contributed by atoms with Gasteiger partial charge in [-0.25, -0.2) is 4.68 Å². The Kier molecular flexibility index (Phi) is 4.82. The highest BCUT2D eigenvalue weighted by molar-refractivity contribution is 5.97. The summed E-state index contributed by atoms with van der Waals surface area (Å²) in [5.41, 5.74) is 1.42. The third-order valence-corrected chi connectivity index (χ3v) is 3.06. The van der Waals surface area contributed by atoms with Crippen LogP contribution >= 0.6 is 0 Å². The molecule has 2 aromatic rings. The molecule has 0 aliphatic rings. The van der Waals surface area contributed by atoms with E-state index in [0.29, 0.717) is 5.69 Å². The molecule has 116 valence electrons. The number of nitrogens with one attached hydrogen (secondary N) is 2. The van der Waals surface area contributed by atoms with Gasteiger partial charge in [0.05, 0.1) is 5.69 Å². The number of hydrogen-bond acceptors (Lipinski definition) is 5. The van der Waals surface area contributed by atoms with E-state index in [1.807, 2.05) is 13.8 Å². The van der Waals surface area contributed by atoms with E-state index >= 15 is 0 Å². The van der Waals surface area contributed by atoms with E-state index in [1.165, 1.54) is 17.9 Å². The number of anilines is 1. The predicted octanol–water partition coefficient (Wildman–Crippen LogP) is 0.761. The molecule has 1 aromatic heterocycles. The largest absolute Gasteiger partial charge is 0.344 e. The molecule has 2 N–H and O–H groups in total. The van der Waals surface area contributed by atoms with Crippen LogP contribution in [-0.4, -0.2) is 38.1 Å². The van der Waals surface area contributed by atoms with Crippen LogP contribution in [0.4, 0.5) is 5.69 Å². The van der Waals surface area contributed by atoms with Gasteiger partial charge in [-0.05, 0) is 40.6 Å². The predicted molar refractivity (Wildman–Crippen MR) is 80.2 cm³/mol. The maximum Gasteiger partial charge on any atom is 0.247 e. The fourth-order valence-electron chi connectivity index (χ4n) is 1.95. The smallest absolute Gasteiger partial charge is 0.247 e. The van der Waals surface area contributed by atoms with Gasteiger partial charge in [0.25, 0.3) is 0 Å². The van der Waals surface area contributed by atoms with Gasteiger partial charge in [0, 0.05) is 12.6 Å². The van der Waals surface area contributed by atoms with Crippen molar-refractivity contribution < 1.29 is 9.59 Å². The summed E-state index contributed by atoms with van der Waals surface area (Å²) in [7, 11) is 0. The number of carbonyl (C=O) groups is 2. The first kappa shape index (κ1) is 15.6. The standard InChI is InChI=1S/C14H18N6O2/c1-9(2)13(16-10(3)21)14(22)17-11-4-6-12(7-5-11)20-8-15-18-19-20/h4-9,13H,1-3H3,(H,16,21)(H,17,22)/t13-/m0/s1. The number of aromatic nitrogens is 4. The monoisotopic (exact) mass is 302 g/mol. The van der Waals surface area contributed by atoms with Gasteiger partial charge in [0.15, 0.2) is 0 Å². The second kappa shape index (κ2) is 6.79. The molecule has 8 nitrogen and oxygen atoms in total. The van der Waals surface area contributed by atoms with Crippen LogP contribution in [-0.2, 0) is 9.59 Å². The zero-order chi connectivity index (χ0) is 16.1. The Morgan fingerprint density at radius 2 is 1.86 bits per heavy atom. The minimum absolute atomic E-state index is 0.00982. The molecule has 8 heteroatoms. The van der Waals surface area contributed by atoms with Gasteiger partial charge >= 0.3 is 0 Å². The molecule has 2 rings (SSSR count). The number of rotatable bonds is 5. The first-order chi connectivity index (χ1) is 10.5. The van der Waals surface area contributed by atoms with Crippen LogP contribution in [0, 0.1) is 5.92 Å². The third kappa shape index (κ3) is 3.87. The molecule has 0 saturated heterocycles. The van der Waals surface area contributed by atoms with Crippen molar-refractivity contribution in [1.29, 1.82) is 0 Å². The summed E-state index contributed by atoms with van der Waals surface area (Å²) in [5.74, 6) is -0.493. The zero-order valence-electron chi connectivity index (χ0n) is 12.6. The number of benzene rings is 1. The summed E-state index contributed by atoms with van der Waals surface area (Å²) in [6.07, 6.45) is 1.49. The molecule has 0 radical (unpaired) electrons. The molecular formula is C14H18N6O2. The highest BCUT2D eigenvalue weighted by atomic mass is 16.2. The van der Waals surface area contributed by atoms with Crippen LogP contribution in [0.15, 0.2) is 30.6 Å². The second-order valence-corrected chi connectivity index (χ2v) is 5.21. The van der Waals surface area contributed by atoms with Crippen molar-refractivity contribution in [2.75, 3.05) is 5.32 Å². The van der Waals surface area contributed by atoms with Crippen molar-refractivity contribution in [3.63, 3.8) is 0 Å². The maximum absolute atomic E-state index is 12.2. The summed E-state index contributed by atoms with van der Waals surface area (Å²) in [6, 6.07) is 6.50. The molecule has 0 aliphatic carbocycles. The Labute approximate surface area is 127 Å². The van der Waals surface area contributed by atoms with Crippen LogP contribution < -0.4 is 10.6 Å². The van der Waals surface area contributed by atoms with Gasteiger partial charge in [-0.2, -0.15) is 0 Å². The molecule has 0 bridgehead atoms. The van der Waals surface area contributed by atoms with Gasteiger partial charge in [0.1, 0.15) is 12.4 Å². The van der Waals surface area contributed by atoms with Crippen LogP contribution in [0.2, 0.25) is 0 Å². The minimum Gasteiger partial charge on any atom is -0.344 e. The maximum atomic E-state index is 12.2. The van der Waals surface area contributed by atoms with E-state index in [1.54, 1.807) is 24.3 Å². The van der Waals surface area contributed by atoms with E-state index < -0.39 is 6.04 Å². The summed E-state index contributed by atoms with van der Waals surface area (Å²) < 4.78 is 1.51. The number of tetrazole rings is 1. The summed E-state index contributed by atoms with van der Waals surface area (Å²) >= 11 is 0. The Morgan fingerprint density at radius 3 is 2.36 bits per heavy atom. The number of hydrogen-bond donors (Lipinski definition) is 2. The first-order valence-electron chi connectivity index (χ1n) is 6.89. The quantitative estimate of drug-likeness (QED) is 0.849. The van der Waals surface area contributed by atoms with E-state index in [0.717, 1.165) is 5.69 Å². The molecule has 2 amide bonds. The SMILES string of the molecule is CC(=O)N[C@H](C(=O)Nc1ccc(-n2cnnn2)cc1)C(C)C. The summed E-state index contributed by atoms with van der Waals surface area (Å²) in [5, 5.41) is 16.3. The molecule has 0 spiro atoms. The van der Waals surface area contributed by atoms with Gasteiger partial charge in [-0.1, -0.05) is 13.8 Å². The Balaban J connectivity index is 2.06. The third-order valence-electron chi connectivity index (χ3n) is 3.06. The van der Waals surface area contributed by atoms with Gasteiger partial charge in [0.2, 0.25) is 11.8 Å². The highest BCUT2D eigenvalue weighted by Gasteiger charge is 2.22. The summed E-state index contributed by atoms with van der Waals surface area (Å²) in [4.78, 5) is 23.4. The summed E-state index contributed by atoms with van der Waals surface area (Å²) in [6.45, 7) is 5.14. The lowest BCUT2D eigenvalue weighted by molar-refractivity contribution is -0.126. The Hall–Kier alpha value is -2.77. The fourth-order valence-corrected chi connectivity index (χ4v) is 1.95. The second-order valence-electron chi connectivity index (χ2n) is 5.21. The van der Waals surface area contributed by atoms with Crippen molar-refractivity contribution in [2.45, 2.75) is 26.8 Å². The normalized spacial score (nSPS) is 12.0. The molecule has 1 atom stereocenters. The average molecular weight is 302 g/mol. The molecule has 1 aromatic carbocycles. The lowest BCUT2D eigenvalue weighted by Gasteiger charge is -2.21. The lowest BCUT2D eigenvalue weighted by atomic mass is 10.0. The van der Waals surface area contributed by atoms with Crippen molar-refractivity contribution in [1.82, 2.24) is 25.5 Å². The highest BCUT2D eigenvalue weighted by Crippen LogP contribution is 2.13. The van der Waals surface area contributed by atoms with Gasteiger partial charge < -0.3 is 10.6 Å². The van der Waals surface area contributed by atoms with Crippen molar-refractivity contribution in [3.8, 4) is 5.69 Å². The fraction of sp³-hybridized carbons (Fsp3) is 0.357. The van der Waals surface area contributed by atoms with E-state index in [9.17, 15) is 9.59 Å². The molecule has 1 heterocycles. The van der Waals surface area contributed by atoms with E-state index in [-0.39, 0.29) is 17.7 Å². The zero-order valence-corrected chi connectivity index (χ0v) is 12.6. The van der Waals surface area contributed by atoms with Crippen molar-refractivity contribution >= 4 is 17.5 Å². The molecular weight excluding hydrogens is 284 g/mol. The Bertz CT molecular complexity index is 636.